The molecule has 1 aliphatic rings. The number of hydrogen-bond acceptors (Lipinski definition) is 3. The summed E-state index contributed by atoms with van der Waals surface area (Å²) in [5.74, 6) is 0.543. The Bertz CT molecular complexity index is 473. The van der Waals surface area contributed by atoms with Crippen molar-refractivity contribution < 1.29 is 14.6 Å². The van der Waals surface area contributed by atoms with Crippen LogP contribution in [0.25, 0.3) is 0 Å². The second-order valence-electron chi connectivity index (χ2n) is 5.41. The van der Waals surface area contributed by atoms with Crippen LogP contribution in [0, 0.1) is 0 Å². The molecule has 0 saturated carbocycles. The molecule has 2 unspecified atom stereocenters. The van der Waals surface area contributed by atoms with Crippen molar-refractivity contribution in [1.29, 1.82) is 0 Å². The molecule has 2 atom stereocenters. The van der Waals surface area contributed by atoms with Crippen molar-refractivity contribution >= 4 is 5.97 Å². The molecule has 3 N–H and O–H groups in total. The van der Waals surface area contributed by atoms with Crippen LogP contribution in [-0.2, 0) is 11.2 Å². The fourth-order valence-corrected chi connectivity index (χ4v) is 3.01. The van der Waals surface area contributed by atoms with Crippen LogP contribution in [0.1, 0.15) is 49.7 Å². The number of unbranched alkanes of at least 4 members (excludes halogenated alkanes) is 1. The number of fused-ring (bicyclic) bond motifs is 1. The number of rotatable bonds is 7. The van der Waals surface area contributed by atoms with E-state index in [9.17, 15) is 4.79 Å². The molecule has 4 nitrogen and oxygen atoms in total. The zero-order valence-corrected chi connectivity index (χ0v) is 12.0. The van der Waals surface area contributed by atoms with Gasteiger partial charge >= 0.3 is 5.97 Å². The van der Waals surface area contributed by atoms with Gasteiger partial charge in [0.15, 0.2) is 0 Å². The van der Waals surface area contributed by atoms with Crippen molar-refractivity contribution in [3.8, 4) is 5.75 Å². The maximum Gasteiger partial charge on any atom is 0.303 e. The molecule has 2 rings (SSSR count). The summed E-state index contributed by atoms with van der Waals surface area (Å²) in [6.07, 6.45) is 3.75. The number of hydrogen-bond donors (Lipinski definition) is 2. The third-order valence-corrected chi connectivity index (χ3v) is 3.95. The van der Waals surface area contributed by atoms with Crippen molar-refractivity contribution in [2.75, 3.05) is 6.61 Å². The minimum Gasteiger partial charge on any atom is -0.494 e. The van der Waals surface area contributed by atoms with E-state index in [1.165, 1.54) is 11.1 Å². The smallest absolute Gasteiger partial charge is 0.303 e. The Morgan fingerprint density at radius 3 is 2.95 bits per heavy atom. The molecule has 0 radical (unpaired) electrons. The topological polar surface area (TPSA) is 72.5 Å². The zero-order valence-electron chi connectivity index (χ0n) is 12.0. The Morgan fingerprint density at radius 1 is 1.45 bits per heavy atom. The van der Waals surface area contributed by atoms with Crippen LogP contribution in [-0.4, -0.2) is 23.7 Å². The third kappa shape index (κ3) is 3.51. The van der Waals surface area contributed by atoms with Crippen LogP contribution in [0.2, 0.25) is 0 Å². The molecule has 20 heavy (non-hydrogen) atoms. The van der Waals surface area contributed by atoms with Crippen LogP contribution < -0.4 is 10.5 Å². The number of carboxylic acid groups (broad SMARTS) is 1. The van der Waals surface area contributed by atoms with Gasteiger partial charge in [0.25, 0.3) is 0 Å². The summed E-state index contributed by atoms with van der Waals surface area (Å²) in [6.45, 7) is 2.65. The molecule has 0 saturated heterocycles. The third-order valence-electron chi connectivity index (χ3n) is 3.95. The number of benzene rings is 1. The van der Waals surface area contributed by atoms with E-state index in [0.29, 0.717) is 12.5 Å². The summed E-state index contributed by atoms with van der Waals surface area (Å²) in [5, 5.41) is 8.66. The van der Waals surface area contributed by atoms with E-state index in [0.717, 1.165) is 31.4 Å². The van der Waals surface area contributed by atoms with Gasteiger partial charge < -0.3 is 15.6 Å². The molecule has 0 bridgehead atoms. The molecule has 0 heterocycles. The molecule has 0 amide bonds. The molecule has 0 aromatic heterocycles. The highest BCUT2D eigenvalue weighted by Crippen LogP contribution is 2.37. The highest BCUT2D eigenvalue weighted by Gasteiger charge is 2.29. The Hall–Kier alpha value is -1.55. The van der Waals surface area contributed by atoms with E-state index < -0.39 is 5.97 Å². The SMILES string of the molecule is CCOc1ccc2c(c1)CC(N)C2CCCCC(=O)O. The molecular weight excluding hydrogens is 254 g/mol. The van der Waals surface area contributed by atoms with Crippen molar-refractivity contribution in [3.05, 3.63) is 29.3 Å². The first-order valence-corrected chi connectivity index (χ1v) is 7.34. The van der Waals surface area contributed by atoms with Crippen LogP contribution in [0.15, 0.2) is 18.2 Å². The first-order valence-electron chi connectivity index (χ1n) is 7.34. The average Bonchev–Trinajstić information content (AvgIpc) is 2.70. The monoisotopic (exact) mass is 277 g/mol. The largest absolute Gasteiger partial charge is 0.494 e. The lowest BCUT2D eigenvalue weighted by molar-refractivity contribution is -0.137. The number of carbonyl (C=O) groups is 1. The van der Waals surface area contributed by atoms with Gasteiger partial charge in [0, 0.05) is 12.5 Å². The molecule has 1 aliphatic carbocycles. The van der Waals surface area contributed by atoms with E-state index in [4.69, 9.17) is 15.6 Å². The normalized spacial score (nSPS) is 20.7. The number of ether oxygens (including phenoxy) is 1. The second kappa shape index (κ2) is 6.75. The molecule has 110 valence electrons. The van der Waals surface area contributed by atoms with Crippen molar-refractivity contribution in [3.63, 3.8) is 0 Å². The number of nitrogens with two attached hydrogens (primary N) is 1. The number of carboxylic acids is 1. The fraction of sp³-hybridized carbons (Fsp3) is 0.562. The summed E-state index contributed by atoms with van der Waals surface area (Å²) < 4.78 is 5.52. The van der Waals surface area contributed by atoms with Gasteiger partial charge in [-0.3, -0.25) is 4.79 Å². The molecule has 1 aromatic carbocycles. The standard InChI is InChI=1S/C16H23NO3/c1-2-20-12-7-8-13-11(9-12)10-15(17)14(13)5-3-4-6-16(18)19/h7-9,14-15H,2-6,10,17H2,1H3,(H,18,19). The zero-order chi connectivity index (χ0) is 14.5. The highest BCUT2D eigenvalue weighted by atomic mass is 16.5. The molecule has 4 heteroatoms. The molecule has 0 fully saturated rings. The Morgan fingerprint density at radius 2 is 2.25 bits per heavy atom. The fourth-order valence-electron chi connectivity index (χ4n) is 3.01. The first kappa shape index (κ1) is 14.9. The van der Waals surface area contributed by atoms with Crippen LogP contribution >= 0.6 is 0 Å². The van der Waals surface area contributed by atoms with Crippen LogP contribution in [0.5, 0.6) is 5.75 Å². The maximum atomic E-state index is 10.5. The van der Waals surface area contributed by atoms with Gasteiger partial charge in [0.1, 0.15) is 5.75 Å². The van der Waals surface area contributed by atoms with Gasteiger partial charge in [-0.25, -0.2) is 0 Å². The lowest BCUT2D eigenvalue weighted by atomic mass is 9.92. The summed E-state index contributed by atoms with van der Waals surface area (Å²) >= 11 is 0. The minimum atomic E-state index is -0.720. The predicted octanol–water partition coefficient (Wildman–Crippen LogP) is 2.70. The van der Waals surface area contributed by atoms with Crippen molar-refractivity contribution in [2.45, 2.75) is 51.0 Å². The van der Waals surface area contributed by atoms with Crippen LogP contribution in [0.3, 0.4) is 0 Å². The van der Waals surface area contributed by atoms with E-state index in [1.807, 2.05) is 13.0 Å². The highest BCUT2D eigenvalue weighted by molar-refractivity contribution is 5.66. The first-order chi connectivity index (χ1) is 9.61. The van der Waals surface area contributed by atoms with Crippen molar-refractivity contribution in [1.82, 2.24) is 0 Å². The van der Waals surface area contributed by atoms with Crippen molar-refractivity contribution in [2.24, 2.45) is 5.73 Å². The molecule has 1 aromatic rings. The van der Waals surface area contributed by atoms with Gasteiger partial charge in [0.05, 0.1) is 6.61 Å². The van der Waals surface area contributed by atoms with E-state index in [-0.39, 0.29) is 12.5 Å². The van der Waals surface area contributed by atoms with Gasteiger partial charge in [-0.15, -0.1) is 0 Å². The molecule has 0 spiro atoms. The summed E-state index contributed by atoms with van der Waals surface area (Å²) in [6, 6.07) is 6.36. The molecular formula is C16H23NO3. The molecule has 0 aliphatic heterocycles. The van der Waals surface area contributed by atoms with Gasteiger partial charge in [0.2, 0.25) is 0 Å². The van der Waals surface area contributed by atoms with E-state index >= 15 is 0 Å². The summed E-state index contributed by atoms with van der Waals surface area (Å²) in [5.41, 5.74) is 8.84. The lowest BCUT2D eigenvalue weighted by Gasteiger charge is -2.16. The Labute approximate surface area is 119 Å². The second-order valence-corrected chi connectivity index (χ2v) is 5.41. The van der Waals surface area contributed by atoms with Gasteiger partial charge in [-0.1, -0.05) is 12.5 Å². The van der Waals surface area contributed by atoms with Gasteiger partial charge in [-0.05, 0) is 55.4 Å². The quantitative estimate of drug-likeness (QED) is 0.752. The van der Waals surface area contributed by atoms with E-state index in [2.05, 4.69) is 12.1 Å². The Kier molecular flexibility index (Phi) is 5.01. The maximum absolute atomic E-state index is 10.5. The number of aliphatic carboxylic acids is 1. The summed E-state index contributed by atoms with van der Waals surface area (Å²) in [4.78, 5) is 10.5. The predicted molar refractivity (Wildman–Crippen MR) is 78.1 cm³/mol. The van der Waals surface area contributed by atoms with Gasteiger partial charge in [-0.2, -0.15) is 0 Å². The minimum absolute atomic E-state index is 0.145. The summed E-state index contributed by atoms with van der Waals surface area (Å²) in [7, 11) is 0. The lowest BCUT2D eigenvalue weighted by Crippen LogP contribution is -2.24. The Balaban J connectivity index is 1.97. The van der Waals surface area contributed by atoms with E-state index in [1.54, 1.807) is 0 Å². The van der Waals surface area contributed by atoms with Crippen LogP contribution in [0.4, 0.5) is 0 Å². The average molecular weight is 277 g/mol.